The van der Waals surface area contributed by atoms with Crippen LogP contribution in [0.5, 0.6) is 0 Å². The summed E-state index contributed by atoms with van der Waals surface area (Å²) in [5, 5.41) is 12.9. The number of hydrogen-bond acceptors (Lipinski definition) is 5. The van der Waals surface area contributed by atoms with Gasteiger partial charge >= 0.3 is 5.97 Å². The molecule has 1 aromatic rings. The first-order valence-electron chi connectivity index (χ1n) is 5.72. The van der Waals surface area contributed by atoms with Crippen molar-refractivity contribution in [2.75, 3.05) is 0 Å². The van der Waals surface area contributed by atoms with Crippen LogP contribution in [0.4, 0.5) is 0 Å². The molecule has 0 fully saturated rings. The van der Waals surface area contributed by atoms with Gasteiger partial charge in [0.25, 0.3) is 0 Å². The van der Waals surface area contributed by atoms with Gasteiger partial charge in [0.1, 0.15) is 0 Å². The van der Waals surface area contributed by atoms with Crippen LogP contribution in [-0.4, -0.2) is 26.5 Å². The summed E-state index contributed by atoms with van der Waals surface area (Å²) in [6.07, 6.45) is 2.27. The van der Waals surface area contributed by atoms with Gasteiger partial charge in [-0.25, -0.2) is 0 Å². The van der Waals surface area contributed by atoms with Crippen LogP contribution < -0.4 is 0 Å². The lowest BCUT2D eigenvalue weighted by Crippen LogP contribution is -1.95. The van der Waals surface area contributed by atoms with E-state index in [0.717, 1.165) is 18.0 Å². The van der Waals surface area contributed by atoms with E-state index in [1.807, 2.05) is 0 Å². The van der Waals surface area contributed by atoms with Gasteiger partial charge in [0.05, 0.1) is 5.75 Å². The molecule has 0 saturated heterocycles. The van der Waals surface area contributed by atoms with Gasteiger partial charge in [-0.2, -0.15) is 16.7 Å². The van der Waals surface area contributed by atoms with Crippen LogP contribution in [0, 0.1) is 0 Å². The van der Waals surface area contributed by atoms with Crippen LogP contribution >= 0.6 is 11.8 Å². The Bertz CT molecular complexity index is 352. The number of carbonyl (C=O) groups is 1. The van der Waals surface area contributed by atoms with Crippen molar-refractivity contribution >= 4 is 17.7 Å². The van der Waals surface area contributed by atoms with Crippen LogP contribution in [0.2, 0.25) is 0 Å². The molecular weight excluding hydrogens is 240 g/mol. The fourth-order valence-corrected chi connectivity index (χ4v) is 1.84. The van der Waals surface area contributed by atoms with E-state index in [1.165, 1.54) is 0 Å². The molecular formula is C11H18N2O3S. The standard InChI is InChI=1S/C11H18N2O3S/c1-8(2)17-7-9-12-10(16-13-9)5-3-4-6-11(14)15/h8H,3-7H2,1-2H3,(H,14,15). The molecule has 96 valence electrons. The Kier molecular flexibility index (Phi) is 6.04. The van der Waals surface area contributed by atoms with Crippen LogP contribution in [-0.2, 0) is 17.0 Å². The van der Waals surface area contributed by atoms with Crippen molar-refractivity contribution < 1.29 is 14.4 Å². The highest BCUT2D eigenvalue weighted by molar-refractivity contribution is 7.99. The molecule has 0 unspecified atom stereocenters. The Balaban J connectivity index is 2.23. The highest BCUT2D eigenvalue weighted by Gasteiger charge is 2.07. The molecule has 0 saturated carbocycles. The van der Waals surface area contributed by atoms with Gasteiger partial charge in [0.15, 0.2) is 5.82 Å². The molecule has 0 aliphatic carbocycles. The number of carboxylic acid groups (broad SMARTS) is 1. The number of unbranched alkanes of at least 4 members (excludes halogenated alkanes) is 1. The summed E-state index contributed by atoms with van der Waals surface area (Å²) in [5.74, 6) is 1.33. The zero-order valence-corrected chi connectivity index (χ0v) is 11.0. The van der Waals surface area contributed by atoms with Gasteiger partial charge in [-0.1, -0.05) is 19.0 Å². The molecule has 5 nitrogen and oxygen atoms in total. The van der Waals surface area contributed by atoms with Gasteiger partial charge in [0, 0.05) is 12.8 Å². The second-order valence-corrected chi connectivity index (χ2v) is 5.63. The van der Waals surface area contributed by atoms with Crippen molar-refractivity contribution in [3.8, 4) is 0 Å². The predicted molar refractivity (Wildman–Crippen MR) is 65.9 cm³/mol. The second kappa shape index (κ2) is 7.32. The fourth-order valence-electron chi connectivity index (χ4n) is 1.24. The minimum atomic E-state index is -0.760. The molecule has 1 N–H and O–H groups in total. The number of nitrogens with zero attached hydrogens (tertiary/aromatic N) is 2. The molecule has 1 heterocycles. The lowest BCUT2D eigenvalue weighted by molar-refractivity contribution is -0.137. The first-order chi connectivity index (χ1) is 8.08. The number of aliphatic carboxylic acids is 1. The maximum atomic E-state index is 10.3. The summed E-state index contributed by atoms with van der Waals surface area (Å²) in [4.78, 5) is 14.6. The first kappa shape index (κ1) is 14.0. The van der Waals surface area contributed by atoms with Crippen molar-refractivity contribution in [3.05, 3.63) is 11.7 Å². The largest absolute Gasteiger partial charge is 0.481 e. The van der Waals surface area contributed by atoms with Crippen LogP contribution in [0.15, 0.2) is 4.52 Å². The second-order valence-electron chi connectivity index (χ2n) is 4.06. The fraction of sp³-hybridized carbons (Fsp3) is 0.727. The van der Waals surface area contributed by atoms with Crippen molar-refractivity contribution in [2.45, 2.75) is 50.5 Å². The van der Waals surface area contributed by atoms with Gasteiger partial charge < -0.3 is 9.63 Å². The third kappa shape index (κ3) is 6.31. The maximum absolute atomic E-state index is 10.3. The quantitative estimate of drug-likeness (QED) is 0.722. The smallest absolute Gasteiger partial charge is 0.303 e. The molecule has 17 heavy (non-hydrogen) atoms. The summed E-state index contributed by atoms with van der Waals surface area (Å²) >= 11 is 1.77. The number of hydrogen-bond donors (Lipinski definition) is 1. The maximum Gasteiger partial charge on any atom is 0.303 e. The SMILES string of the molecule is CC(C)SCc1noc(CCCCC(=O)O)n1. The third-order valence-corrected chi connectivity index (χ3v) is 3.18. The number of rotatable bonds is 8. The van der Waals surface area contributed by atoms with E-state index >= 15 is 0 Å². The number of aryl methyl sites for hydroxylation is 1. The van der Waals surface area contributed by atoms with Crippen molar-refractivity contribution in [2.24, 2.45) is 0 Å². The summed E-state index contributed by atoms with van der Waals surface area (Å²) < 4.78 is 5.08. The van der Waals surface area contributed by atoms with Gasteiger partial charge in [-0.15, -0.1) is 0 Å². The van der Waals surface area contributed by atoms with Crippen LogP contribution in [0.1, 0.15) is 44.8 Å². The van der Waals surface area contributed by atoms with E-state index in [4.69, 9.17) is 9.63 Å². The highest BCUT2D eigenvalue weighted by Crippen LogP contribution is 2.15. The van der Waals surface area contributed by atoms with Gasteiger partial charge in [0.2, 0.25) is 5.89 Å². The van der Waals surface area contributed by atoms with E-state index < -0.39 is 5.97 Å². The average Bonchev–Trinajstić information content (AvgIpc) is 2.69. The van der Waals surface area contributed by atoms with Gasteiger partial charge in [-0.3, -0.25) is 4.79 Å². The Morgan fingerprint density at radius 3 is 2.88 bits per heavy atom. The van der Waals surface area contributed by atoms with Gasteiger partial charge in [-0.05, 0) is 18.1 Å². The Hall–Kier alpha value is -1.04. The minimum Gasteiger partial charge on any atom is -0.481 e. The monoisotopic (exact) mass is 258 g/mol. The zero-order valence-electron chi connectivity index (χ0n) is 10.2. The summed E-state index contributed by atoms with van der Waals surface area (Å²) in [7, 11) is 0. The molecule has 0 spiro atoms. The number of thioether (sulfide) groups is 1. The summed E-state index contributed by atoms with van der Waals surface area (Å²) in [6.45, 7) is 4.25. The summed E-state index contributed by atoms with van der Waals surface area (Å²) in [6, 6.07) is 0. The molecule has 0 amide bonds. The molecule has 0 bridgehead atoms. The van der Waals surface area contributed by atoms with Crippen molar-refractivity contribution in [3.63, 3.8) is 0 Å². The van der Waals surface area contributed by atoms with Crippen molar-refractivity contribution in [1.82, 2.24) is 10.1 Å². The lowest BCUT2D eigenvalue weighted by atomic mass is 10.2. The Morgan fingerprint density at radius 2 is 2.24 bits per heavy atom. The molecule has 0 atom stereocenters. The predicted octanol–water partition coefficient (Wildman–Crippen LogP) is 2.51. The topological polar surface area (TPSA) is 76.2 Å². The molecule has 1 aromatic heterocycles. The normalized spacial score (nSPS) is 11.0. The molecule has 0 radical (unpaired) electrons. The van der Waals surface area contributed by atoms with E-state index in [0.29, 0.717) is 24.0 Å². The molecule has 0 aliphatic heterocycles. The Labute approximate surface area is 105 Å². The van der Waals surface area contributed by atoms with E-state index in [1.54, 1.807) is 11.8 Å². The van der Waals surface area contributed by atoms with Crippen LogP contribution in [0.25, 0.3) is 0 Å². The van der Waals surface area contributed by atoms with E-state index in [2.05, 4.69) is 24.0 Å². The number of carboxylic acids is 1. The average molecular weight is 258 g/mol. The molecule has 0 aliphatic rings. The Morgan fingerprint density at radius 1 is 1.47 bits per heavy atom. The lowest BCUT2D eigenvalue weighted by Gasteiger charge is -1.99. The molecule has 0 aromatic carbocycles. The molecule has 1 rings (SSSR count). The highest BCUT2D eigenvalue weighted by atomic mass is 32.2. The van der Waals surface area contributed by atoms with E-state index in [-0.39, 0.29) is 6.42 Å². The van der Waals surface area contributed by atoms with Crippen molar-refractivity contribution in [1.29, 1.82) is 0 Å². The number of aromatic nitrogens is 2. The van der Waals surface area contributed by atoms with Crippen LogP contribution in [0.3, 0.4) is 0 Å². The minimum absolute atomic E-state index is 0.199. The first-order valence-corrected chi connectivity index (χ1v) is 6.77. The summed E-state index contributed by atoms with van der Waals surface area (Å²) in [5.41, 5.74) is 0. The molecule has 6 heteroatoms. The third-order valence-electron chi connectivity index (χ3n) is 2.09. The zero-order chi connectivity index (χ0) is 12.7. The van der Waals surface area contributed by atoms with E-state index in [9.17, 15) is 4.79 Å².